The molecule has 0 unspecified atom stereocenters. The Bertz CT molecular complexity index is 925. The molecule has 0 fully saturated rings. The highest BCUT2D eigenvalue weighted by molar-refractivity contribution is 7.79. The van der Waals surface area contributed by atoms with Crippen LogP contribution in [0.1, 0.15) is 5.56 Å². The maximum absolute atomic E-state index is 9.30. The molecular weight excluding hydrogens is 382 g/mol. The Hall–Kier alpha value is -2.84. The number of anilines is 1. The average Bonchev–Trinajstić information content (AvgIpc) is 3.01. The van der Waals surface area contributed by atoms with Gasteiger partial charge in [-0.2, -0.15) is 13.4 Å². The van der Waals surface area contributed by atoms with Crippen LogP contribution in [0, 0.1) is 0 Å². The number of rotatable bonds is 2. The van der Waals surface area contributed by atoms with Gasteiger partial charge in [0.15, 0.2) is 0 Å². The van der Waals surface area contributed by atoms with Crippen LogP contribution in [0.15, 0.2) is 30.6 Å². The van der Waals surface area contributed by atoms with Crippen LogP contribution in [0.4, 0.5) is 5.95 Å². The SMILES string of the molecule is Cn1cc(O)nc1N.NCCc1c[nH]c2ccc(O)cc12.O.O=S(=O)(O)O. The van der Waals surface area contributed by atoms with Gasteiger partial charge in [-0.15, -0.1) is 0 Å². The molecule has 0 saturated carbocycles. The van der Waals surface area contributed by atoms with Gasteiger partial charge in [0.2, 0.25) is 11.8 Å². The monoisotopic (exact) mass is 405 g/mol. The van der Waals surface area contributed by atoms with E-state index in [1.807, 2.05) is 12.3 Å². The molecule has 3 aromatic rings. The van der Waals surface area contributed by atoms with E-state index in [4.69, 9.17) is 34.1 Å². The van der Waals surface area contributed by atoms with E-state index in [1.165, 1.54) is 10.8 Å². The number of phenols is 1. The number of H-pyrrole nitrogens is 1. The molecule has 27 heavy (non-hydrogen) atoms. The molecular formula is C14H23N5O7S. The molecule has 2 heterocycles. The van der Waals surface area contributed by atoms with Gasteiger partial charge in [0.05, 0.1) is 6.20 Å². The Labute approximate surface area is 155 Å². The lowest BCUT2D eigenvalue weighted by Crippen LogP contribution is -2.01. The molecule has 0 amide bonds. The minimum atomic E-state index is -4.67. The molecule has 0 spiro atoms. The molecule has 3 rings (SSSR count). The van der Waals surface area contributed by atoms with Gasteiger partial charge < -0.3 is 36.7 Å². The summed E-state index contributed by atoms with van der Waals surface area (Å²) < 4.78 is 33.1. The van der Waals surface area contributed by atoms with Gasteiger partial charge in [0, 0.05) is 24.1 Å². The number of aromatic amines is 1. The van der Waals surface area contributed by atoms with Gasteiger partial charge >= 0.3 is 10.4 Å². The fraction of sp³-hybridized carbons (Fsp3) is 0.214. The van der Waals surface area contributed by atoms with Crippen LogP contribution >= 0.6 is 0 Å². The highest BCUT2D eigenvalue weighted by Crippen LogP contribution is 2.22. The third-order valence-corrected chi connectivity index (χ3v) is 3.06. The topological polar surface area (TPSA) is 232 Å². The van der Waals surface area contributed by atoms with E-state index in [0.717, 1.165) is 22.9 Å². The fourth-order valence-corrected chi connectivity index (χ4v) is 1.99. The van der Waals surface area contributed by atoms with E-state index in [0.29, 0.717) is 18.2 Å². The third-order valence-electron chi connectivity index (χ3n) is 3.06. The average molecular weight is 405 g/mol. The predicted octanol–water partition coefficient (Wildman–Crippen LogP) is -0.395. The van der Waals surface area contributed by atoms with Crippen molar-refractivity contribution in [1.82, 2.24) is 14.5 Å². The summed E-state index contributed by atoms with van der Waals surface area (Å²) in [6.45, 7) is 0.628. The summed E-state index contributed by atoms with van der Waals surface area (Å²) in [5.41, 5.74) is 12.9. The first-order valence-corrected chi connectivity index (χ1v) is 8.57. The summed E-state index contributed by atoms with van der Waals surface area (Å²) in [4.78, 5) is 6.64. The number of fused-ring (bicyclic) bond motifs is 1. The van der Waals surface area contributed by atoms with E-state index in [1.54, 1.807) is 19.2 Å². The number of aromatic nitrogens is 3. The Morgan fingerprint density at radius 1 is 1.26 bits per heavy atom. The molecule has 0 aliphatic heterocycles. The minimum absolute atomic E-state index is 0. The van der Waals surface area contributed by atoms with Crippen LogP contribution in [-0.2, 0) is 23.9 Å². The lowest BCUT2D eigenvalue weighted by Gasteiger charge is -1.96. The number of nitrogens with zero attached hydrogens (tertiary/aromatic N) is 2. The number of hydrogen-bond donors (Lipinski definition) is 7. The van der Waals surface area contributed by atoms with Gasteiger partial charge in [0.25, 0.3) is 0 Å². The van der Waals surface area contributed by atoms with Crippen LogP contribution < -0.4 is 11.5 Å². The lowest BCUT2D eigenvalue weighted by molar-refractivity contribution is 0.381. The zero-order chi connectivity index (χ0) is 19.9. The lowest BCUT2D eigenvalue weighted by atomic mass is 10.1. The predicted molar refractivity (Wildman–Crippen MR) is 99.8 cm³/mol. The molecule has 11 N–H and O–H groups in total. The van der Waals surface area contributed by atoms with Crippen LogP contribution in [0.25, 0.3) is 10.9 Å². The van der Waals surface area contributed by atoms with Crippen molar-refractivity contribution in [3.63, 3.8) is 0 Å². The van der Waals surface area contributed by atoms with Gasteiger partial charge in [0.1, 0.15) is 5.75 Å². The Morgan fingerprint density at radius 3 is 2.26 bits per heavy atom. The molecule has 2 aromatic heterocycles. The second kappa shape index (κ2) is 10.3. The van der Waals surface area contributed by atoms with Crippen molar-refractivity contribution in [2.75, 3.05) is 12.3 Å². The normalized spacial score (nSPS) is 10.2. The molecule has 0 bridgehead atoms. The Morgan fingerprint density at radius 2 is 1.85 bits per heavy atom. The third kappa shape index (κ3) is 8.89. The largest absolute Gasteiger partial charge is 0.508 e. The maximum Gasteiger partial charge on any atom is 0.394 e. The number of imidazole rings is 1. The van der Waals surface area contributed by atoms with Crippen molar-refractivity contribution in [3.05, 3.63) is 36.2 Å². The van der Waals surface area contributed by atoms with Gasteiger partial charge in [-0.05, 0) is 36.7 Å². The summed E-state index contributed by atoms with van der Waals surface area (Å²) in [5, 5.41) is 19.0. The van der Waals surface area contributed by atoms with Crippen LogP contribution in [0.5, 0.6) is 11.6 Å². The summed E-state index contributed by atoms with van der Waals surface area (Å²) in [6.07, 6.45) is 4.22. The summed E-state index contributed by atoms with van der Waals surface area (Å²) in [6, 6.07) is 5.30. The zero-order valence-electron chi connectivity index (χ0n) is 14.4. The maximum atomic E-state index is 9.30. The van der Waals surface area contributed by atoms with Crippen molar-refractivity contribution in [2.45, 2.75) is 6.42 Å². The molecule has 0 radical (unpaired) electrons. The van der Waals surface area contributed by atoms with Gasteiger partial charge in [-0.1, -0.05) is 0 Å². The quantitative estimate of drug-likeness (QED) is 0.274. The zero-order valence-corrected chi connectivity index (χ0v) is 15.2. The number of phenolic OH excluding ortho intramolecular Hbond substituents is 1. The molecule has 12 nitrogen and oxygen atoms in total. The highest BCUT2D eigenvalue weighted by Gasteiger charge is 2.02. The summed E-state index contributed by atoms with van der Waals surface area (Å²) in [5.74, 6) is 0.581. The standard InChI is InChI=1S/C10H12N2O.C4H7N3O.H2O4S.H2O/c11-4-3-7-6-12-10-2-1-8(13)5-9(7)10;1-7-2-3(8)6-4(7)5;1-5(2,3)4;/h1-2,5-6,12-13H,3-4,11H2;2,8H,1H3,(H2,5,6);(H2,1,2,3,4);1H2. The van der Waals surface area contributed by atoms with Crippen molar-refractivity contribution in [2.24, 2.45) is 12.8 Å². The molecule has 13 heteroatoms. The smallest absolute Gasteiger partial charge is 0.394 e. The van der Waals surface area contributed by atoms with Crippen molar-refractivity contribution >= 4 is 27.3 Å². The Balaban J connectivity index is 0.000000417. The Kier molecular flexibility index (Phi) is 9.26. The number of nitrogens with one attached hydrogen (secondary N) is 1. The van der Waals surface area contributed by atoms with Crippen molar-refractivity contribution in [1.29, 1.82) is 0 Å². The summed E-state index contributed by atoms with van der Waals surface area (Å²) in [7, 11) is -2.96. The van der Waals surface area contributed by atoms with E-state index in [-0.39, 0.29) is 11.4 Å². The summed E-state index contributed by atoms with van der Waals surface area (Å²) >= 11 is 0. The van der Waals surface area contributed by atoms with E-state index in [2.05, 4.69) is 9.97 Å². The number of nitrogen functional groups attached to an aromatic ring is 1. The van der Waals surface area contributed by atoms with E-state index < -0.39 is 10.4 Å². The van der Waals surface area contributed by atoms with Gasteiger partial charge in [-0.3, -0.25) is 9.11 Å². The fourth-order valence-electron chi connectivity index (χ4n) is 1.99. The second-order valence-corrected chi connectivity index (χ2v) is 5.99. The first kappa shape index (κ1) is 24.2. The van der Waals surface area contributed by atoms with E-state index >= 15 is 0 Å². The number of aromatic hydroxyl groups is 2. The first-order chi connectivity index (χ1) is 12.0. The van der Waals surface area contributed by atoms with E-state index in [9.17, 15) is 5.11 Å². The van der Waals surface area contributed by atoms with Crippen molar-refractivity contribution < 1.29 is 33.2 Å². The molecule has 0 atom stereocenters. The van der Waals surface area contributed by atoms with Crippen LogP contribution in [0.2, 0.25) is 0 Å². The van der Waals surface area contributed by atoms with Crippen LogP contribution in [0.3, 0.4) is 0 Å². The molecule has 0 aliphatic rings. The van der Waals surface area contributed by atoms with Crippen molar-refractivity contribution in [3.8, 4) is 11.6 Å². The number of aryl methyl sites for hydroxylation is 1. The number of hydrogen-bond acceptors (Lipinski definition) is 7. The minimum Gasteiger partial charge on any atom is -0.508 e. The highest BCUT2D eigenvalue weighted by atomic mass is 32.3. The second-order valence-electron chi connectivity index (χ2n) is 5.10. The molecule has 1 aromatic carbocycles. The van der Waals surface area contributed by atoms with Crippen LogP contribution in [-0.4, -0.2) is 54.3 Å². The first-order valence-electron chi connectivity index (χ1n) is 7.18. The number of nitrogens with two attached hydrogens (primary N) is 2. The molecule has 152 valence electrons. The molecule has 0 aliphatic carbocycles. The molecule has 0 saturated heterocycles. The number of benzene rings is 1. The van der Waals surface area contributed by atoms with Gasteiger partial charge in [-0.25, -0.2) is 0 Å².